The van der Waals surface area contributed by atoms with Crippen LogP contribution in [0.25, 0.3) is 0 Å². The first-order valence-corrected chi connectivity index (χ1v) is 5.05. The predicted octanol–water partition coefficient (Wildman–Crippen LogP) is 2.90. The summed E-state index contributed by atoms with van der Waals surface area (Å²) in [5, 5.41) is 12.2. The molecule has 1 saturated carbocycles. The normalized spacial score (nSPS) is 15.1. The molecule has 1 aliphatic rings. The zero-order valence-electron chi connectivity index (χ0n) is 7.05. The standard InChI is InChI=1S/C10H9BrN2/c11-8-2-1-7(6-12)10(5-8)13-9-3-4-9/h1-2,5,9,13H,3-4H2. The van der Waals surface area contributed by atoms with Crippen molar-refractivity contribution >= 4 is 21.6 Å². The van der Waals surface area contributed by atoms with E-state index in [-0.39, 0.29) is 0 Å². The predicted molar refractivity (Wildman–Crippen MR) is 55.5 cm³/mol. The Morgan fingerprint density at radius 3 is 2.85 bits per heavy atom. The van der Waals surface area contributed by atoms with E-state index in [0.29, 0.717) is 6.04 Å². The van der Waals surface area contributed by atoms with Crippen LogP contribution < -0.4 is 5.32 Å². The summed E-state index contributed by atoms with van der Waals surface area (Å²) >= 11 is 3.39. The molecule has 66 valence electrons. The van der Waals surface area contributed by atoms with Gasteiger partial charge in [-0.3, -0.25) is 0 Å². The highest BCUT2D eigenvalue weighted by molar-refractivity contribution is 9.10. The molecule has 0 saturated heterocycles. The Hall–Kier alpha value is -1.01. The van der Waals surface area contributed by atoms with E-state index in [1.807, 2.05) is 18.2 Å². The van der Waals surface area contributed by atoms with Crippen molar-refractivity contribution in [3.8, 4) is 6.07 Å². The number of nitrogens with zero attached hydrogens (tertiary/aromatic N) is 1. The lowest BCUT2D eigenvalue weighted by Gasteiger charge is -2.06. The molecule has 0 unspecified atom stereocenters. The van der Waals surface area contributed by atoms with Gasteiger partial charge in [0.1, 0.15) is 6.07 Å². The van der Waals surface area contributed by atoms with Gasteiger partial charge in [0, 0.05) is 10.5 Å². The van der Waals surface area contributed by atoms with Gasteiger partial charge in [-0.15, -0.1) is 0 Å². The number of rotatable bonds is 2. The van der Waals surface area contributed by atoms with Crippen molar-refractivity contribution in [2.75, 3.05) is 5.32 Å². The Morgan fingerprint density at radius 1 is 1.46 bits per heavy atom. The molecule has 2 nitrogen and oxygen atoms in total. The van der Waals surface area contributed by atoms with Gasteiger partial charge in [0.05, 0.1) is 11.3 Å². The second-order valence-corrected chi connectivity index (χ2v) is 4.14. The van der Waals surface area contributed by atoms with Gasteiger partial charge >= 0.3 is 0 Å². The van der Waals surface area contributed by atoms with Gasteiger partial charge in [0.2, 0.25) is 0 Å². The fraction of sp³-hybridized carbons (Fsp3) is 0.300. The highest BCUT2D eigenvalue weighted by atomic mass is 79.9. The quantitative estimate of drug-likeness (QED) is 0.858. The number of nitriles is 1. The van der Waals surface area contributed by atoms with Crippen LogP contribution in [-0.2, 0) is 0 Å². The third-order valence-corrected chi connectivity index (χ3v) is 2.53. The summed E-state index contributed by atoms with van der Waals surface area (Å²) in [6, 6.07) is 8.43. The summed E-state index contributed by atoms with van der Waals surface area (Å²) in [5.74, 6) is 0. The number of hydrogen-bond acceptors (Lipinski definition) is 2. The van der Waals surface area contributed by atoms with Crippen LogP contribution in [0.4, 0.5) is 5.69 Å². The van der Waals surface area contributed by atoms with Crippen LogP contribution in [0.5, 0.6) is 0 Å². The van der Waals surface area contributed by atoms with E-state index in [2.05, 4.69) is 27.3 Å². The summed E-state index contributed by atoms with van der Waals surface area (Å²) in [6.45, 7) is 0. The van der Waals surface area contributed by atoms with Gasteiger partial charge in [-0.05, 0) is 31.0 Å². The molecule has 0 spiro atoms. The fourth-order valence-electron chi connectivity index (χ4n) is 1.18. The SMILES string of the molecule is N#Cc1ccc(Br)cc1NC1CC1. The monoisotopic (exact) mass is 236 g/mol. The molecular weight excluding hydrogens is 228 g/mol. The smallest absolute Gasteiger partial charge is 0.101 e. The van der Waals surface area contributed by atoms with E-state index in [1.165, 1.54) is 12.8 Å². The lowest BCUT2D eigenvalue weighted by Crippen LogP contribution is -2.02. The molecule has 1 fully saturated rings. The first-order chi connectivity index (χ1) is 6.29. The fourth-order valence-corrected chi connectivity index (χ4v) is 1.54. The van der Waals surface area contributed by atoms with Crippen molar-refractivity contribution in [3.63, 3.8) is 0 Å². The van der Waals surface area contributed by atoms with Crippen LogP contribution >= 0.6 is 15.9 Å². The molecule has 2 rings (SSSR count). The molecule has 0 aliphatic heterocycles. The molecule has 0 bridgehead atoms. The molecule has 3 heteroatoms. The van der Waals surface area contributed by atoms with Crippen molar-refractivity contribution in [1.29, 1.82) is 5.26 Å². The Labute approximate surface area is 85.7 Å². The number of halogens is 1. The summed E-state index contributed by atoms with van der Waals surface area (Å²) < 4.78 is 1.01. The van der Waals surface area contributed by atoms with Crippen molar-refractivity contribution in [3.05, 3.63) is 28.2 Å². The molecule has 0 heterocycles. The van der Waals surface area contributed by atoms with Gasteiger partial charge in [0.25, 0.3) is 0 Å². The number of nitrogens with one attached hydrogen (secondary N) is 1. The van der Waals surface area contributed by atoms with Crippen molar-refractivity contribution in [2.45, 2.75) is 18.9 Å². The van der Waals surface area contributed by atoms with Gasteiger partial charge in [-0.1, -0.05) is 15.9 Å². The molecule has 13 heavy (non-hydrogen) atoms. The molecule has 1 aliphatic carbocycles. The largest absolute Gasteiger partial charge is 0.381 e. The molecule has 1 N–H and O–H groups in total. The van der Waals surface area contributed by atoms with Gasteiger partial charge < -0.3 is 5.32 Å². The van der Waals surface area contributed by atoms with Crippen LogP contribution in [0, 0.1) is 11.3 Å². The lowest BCUT2D eigenvalue weighted by atomic mass is 10.2. The third-order valence-electron chi connectivity index (χ3n) is 2.04. The van der Waals surface area contributed by atoms with E-state index < -0.39 is 0 Å². The van der Waals surface area contributed by atoms with Crippen LogP contribution in [0.15, 0.2) is 22.7 Å². The Bertz CT molecular complexity index is 364. The molecule has 0 atom stereocenters. The highest BCUT2D eigenvalue weighted by Crippen LogP contribution is 2.28. The second-order valence-electron chi connectivity index (χ2n) is 3.22. The first-order valence-electron chi connectivity index (χ1n) is 4.26. The Kier molecular flexibility index (Phi) is 2.24. The zero-order valence-corrected chi connectivity index (χ0v) is 8.63. The minimum absolute atomic E-state index is 0.585. The average molecular weight is 237 g/mol. The van der Waals surface area contributed by atoms with E-state index in [1.54, 1.807) is 0 Å². The molecule has 0 amide bonds. The Balaban J connectivity index is 2.29. The van der Waals surface area contributed by atoms with Gasteiger partial charge in [-0.2, -0.15) is 5.26 Å². The topological polar surface area (TPSA) is 35.8 Å². The van der Waals surface area contributed by atoms with E-state index in [9.17, 15) is 0 Å². The van der Waals surface area contributed by atoms with Crippen LogP contribution in [0.1, 0.15) is 18.4 Å². The van der Waals surface area contributed by atoms with E-state index in [0.717, 1.165) is 15.7 Å². The summed E-state index contributed by atoms with van der Waals surface area (Å²) in [4.78, 5) is 0. The van der Waals surface area contributed by atoms with Crippen molar-refractivity contribution in [1.82, 2.24) is 0 Å². The van der Waals surface area contributed by atoms with Gasteiger partial charge in [0.15, 0.2) is 0 Å². The minimum atomic E-state index is 0.585. The Morgan fingerprint density at radius 2 is 2.23 bits per heavy atom. The molecule has 1 aromatic rings. The van der Waals surface area contributed by atoms with E-state index in [4.69, 9.17) is 5.26 Å². The molecule has 0 aromatic heterocycles. The van der Waals surface area contributed by atoms with Crippen LogP contribution in [0.2, 0.25) is 0 Å². The van der Waals surface area contributed by atoms with E-state index >= 15 is 0 Å². The summed E-state index contributed by atoms with van der Waals surface area (Å²) in [7, 11) is 0. The minimum Gasteiger partial charge on any atom is -0.381 e. The first kappa shape index (κ1) is 8.58. The average Bonchev–Trinajstić information content (AvgIpc) is 2.89. The summed E-state index contributed by atoms with van der Waals surface area (Å²) in [5.41, 5.74) is 1.66. The number of hydrogen-bond donors (Lipinski definition) is 1. The second kappa shape index (κ2) is 3.39. The number of benzene rings is 1. The molecular formula is C10H9BrN2. The number of anilines is 1. The van der Waals surface area contributed by atoms with Crippen LogP contribution in [-0.4, -0.2) is 6.04 Å². The zero-order chi connectivity index (χ0) is 9.26. The molecule has 0 radical (unpaired) electrons. The lowest BCUT2D eigenvalue weighted by molar-refractivity contribution is 1.15. The van der Waals surface area contributed by atoms with Gasteiger partial charge in [-0.25, -0.2) is 0 Å². The van der Waals surface area contributed by atoms with Crippen molar-refractivity contribution < 1.29 is 0 Å². The maximum atomic E-state index is 8.84. The maximum absolute atomic E-state index is 8.84. The summed E-state index contributed by atoms with van der Waals surface area (Å²) in [6.07, 6.45) is 2.44. The highest BCUT2D eigenvalue weighted by Gasteiger charge is 2.21. The van der Waals surface area contributed by atoms with Crippen LogP contribution in [0.3, 0.4) is 0 Å². The maximum Gasteiger partial charge on any atom is 0.101 e. The van der Waals surface area contributed by atoms with Crippen molar-refractivity contribution in [2.24, 2.45) is 0 Å². The third kappa shape index (κ3) is 2.02. The molecule has 1 aromatic carbocycles.